The van der Waals surface area contributed by atoms with Gasteiger partial charge in [0, 0.05) is 5.41 Å². The molecular formula is C23H28O2. The molecule has 0 spiro atoms. The largest absolute Gasteiger partial charge is 0.376 e. The Balaban J connectivity index is 1.54. The van der Waals surface area contributed by atoms with Crippen LogP contribution in [0.25, 0.3) is 0 Å². The molecule has 2 aromatic rings. The van der Waals surface area contributed by atoms with Crippen LogP contribution in [0, 0.1) is 5.41 Å². The van der Waals surface area contributed by atoms with Crippen molar-refractivity contribution in [3.8, 4) is 0 Å². The lowest BCUT2D eigenvalue weighted by molar-refractivity contribution is -0.0432. The number of hydrogen-bond acceptors (Lipinski definition) is 2. The van der Waals surface area contributed by atoms with E-state index in [0.29, 0.717) is 13.2 Å². The van der Waals surface area contributed by atoms with E-state index in [1.54, 1.807) is 0 Å². The molecule has 0 amide bonds. The smallest absolute Gasteiger partial charge is 0.0717 e. The number of hydrogen-bond donors (Lipinski definition) is 0. The Bertz CT molecular complexity index is 603. The van der Waals surface area contributed by atoms with Crippen LogP contribution in [0.3, 0.4) is 0 Å². The first-order valence-electron chi connectivity index (χ1n) is 9.16. The van der Waals surface area contributed by atoms with Crippen molar-refractivity contribution in [1.29, 1.82) is 0 Å². The molecule has 2 aromatic carbocycles. The molecule has 0 aliphatic heterocycles. The molecule has 2 heteroatoms. The van der Waals surface area contributed by atoms with E-state index >= 15 is 0 Å². The summed E-state index contributed by atoms with van der Waals surface area (Å²) in [7, 11) is 0. The third-order valence-electron chi connectivity index (χ3n) is 4.90. The zero-order valence-corrected chi connectivity index (χ0v) is 15.0. The zero-order chi connectivity index (χ0) is 17.4. The number of benzene rings is 2. The van der Waals surface area contributed by atoms with Crippen LogP contribution in [0.4, 0.5) is 0 Å². The van der Waals surface area contributed by atoms with E-state index < -0.39 is 0 Å². The second-order valence-electron chi connectivity index (χ2n) is 7.24. The Morgan fingerprint density at radius 1 is 0.800 bits per heavy atom. The Morgan fingerprint density at radius 3 is 1.80 bits per heavy atom. The van der Waals surface area contributed by atoms with Crippen molar-refractivity contribution in [2.45, 2.75) is 38.9 Å². The second-order valence-corrected chi connectivity index (χ2v) is 7.24. The summed E-state index contributed by atoms with van der Waals surface area (Å²) >= 11 is 0. The Hall–Kier alpha value is -1.90. The normalized spacial score (nSPS) is 16.7. The van der Waals surface area contributed by atoms with Gasteiger partial charge in [0.05, 0.1) is 26.4 Å². The van der Waals surface area contributed by atoms with Gasteiger partial charge in [-0.15, -0.1) is 0 Å². The fourth-order valence-electron chi connectivity index (χ4n) is 3.63. The highest BCUT2D eigenvalue weighted by atomic mass is 16.5. The molecule has 1 fully saturated rings. The minimum absolute atomic E-state index is 0.0683. The van der Waals surface area contributed by atoms with Gasteiger partial charge in [-0.25, -0.2) is 0 Å². The number of rotatable bonds is 8. The second kappa shape index (κ2) is 8.98. The average Bonchev–Trinajstić information content (AvgIpc) is 2.64. The lowest BCUT2D eigenvalue weighted by atomic mass is 9.73. The van der Waals surface area contributed by atoms with E-state index in [0.717, 1.165) is 32.5 Å². The van der Waals surface area contributed by atoms with Gasteiger partial charge in [0.15, 0.2) is 0 Å². The SMILES string of the molecule is C=C1CCCC(COCc2ccccc2)(COCc2ccccc2)C1. The lowest BCUT2D eigenvalue weighted by Crippen LogP contribution is -2.35. The fraction of sp³-hybridized carbons (Fsp3) is 0.391. The van der Waals surface area contributed by atoms with E-state index in [9.17, 15) is 0 Å². The van der Waals surface area contributed by atoms with E-state index in [1.165, 1.54) is 23.1 Å². The van der Waals surface area contributed by atoms with Crippen molar-refractivity contribution in [3.63, 3.8) is 0 Å². The van der Waals surface area contributed by atoms with Crippen LogP contribution >= 0.6 is 0 Å². The quantitative estimate of drug-likeness (QED) is 0.590. The highest BCUT2D eigenvalue weighted by Gasteiger charge is 2.34. The summed E-state index contributed by atoms with van der Waals surface area (Å²) < 4.78 is 12.2. The molecule has 1 aliphatic rings. The highest BCUT2D eigenvalue weighted by molar-refractivity contribution is 5.14. The average molecular weight is 336 g/mol. The molecule has 0 heterocycles. The maximum absolute atomic E-state index is 6.09. The van der Waals surface area contributed by atoms with Crippen molar-refractivity contribution in [2.24, 2.45) is 5.41 Å². The van der Waals surface area contributed by atoms with E-state index in [4.69, 9.17) is 9.47 Å². The number of allylic oxidation sites excluding steroid dienone is 1. The van der Waals surface area contributed by atoms with Gasteiger partial charge in [-0.2, -0.15) is 0 Å². The van der Waals surface area contributed by atoms with Crippen LogP contribution in [0.2, 0.25) is 0 Å². The molecule has 0 unspecified atom stereocenters. The molecule has 0 aromatic heterocycles. The maximum atomic E-state index is 6.09. The minimum Gasteiger partial charge on any atom is -0.376 e. The van der Waals surface area contributed by atoms with Crippen molar-refractivity contribution < 1.29 is 9.47 Å². The molecule has 0 saturated heterocycles. The summed E-state index contributed by atoms with van der Waals surface area (Å²) in [6.45, 7) is 7.02. The van der Waals surface area contributed by atoms with Crippen LogP contribution in [0.15, 0.2) is 72.8 Å². The molecule has 1 saturated carbocycles. The molecule has 3 rings (SSSR count). The van der Waals surface area contributed by atoms with Crippen LogP contribution < -0.4 is 0 Å². The van der Waals surface area contributed by atoms with Crippen molar-refractivity contribution >= 4 is 0 Å². The monoisotopic (exact) mass is 336 g/mol. The van der Waals surface area contributed by atoms with E-state index in [-0.39, 0.29) is 5.41 Å². The van der Waals surface area contributed by atoms with Gasteiger partial charge in [-0.05, 0) is 36.8 Å². The third-order valence-corrected chi connectivity index (χ3v) is 4.90. The van der Waals surface area contributed by atoms with Gasteiger partial charge in [-0.3, -0.25) is 0 Å². The summed E-state index contributed by atoms with van der Waals surface area (Å²) in [5.74, 6) is 0. The molecule has 132 valence electrons. The molecule has 2 nitrogen and oxygen atoms in total. The fourth-order valence-corrected chi connectivity index (χ4v) is 3.63. The summed E-state index contributed by atoms with van der Waals surface area (Å²) in [5, 5.41) is 0. The van der Waals surface area contributed by atoms with Gasteiger partial charge >= 0.3 is 0 Å². The molecular weight excluding hydrogens is 308 g/mol. The van der Waals surface area contributed by atoms with Gasteiger partial charge in [0.25, 0.3) is 0 Å². The van der Waals surface area contributed by atoms with Crippen LogP contribution in [0.5, 0.6) is 0 Å². The summed E-state index contributed by atoms with van der Waals surface area (Å²) in [4.78, 5) is 0. The van der Waals surface area contributed by atoms with Crippen LogP contribution in [0.1, 0.15) is 36.8 Å². The summed E-state index contributed by atoms with van der Waals surface area (Å²) in [6.07, 6.45) is 4.48. The predicted octanol–water partition coefficient (Wildman–Crippen LogP) is 5.54. The Morgan fingerprint density at radius 2 is 1.32 bits per heavy atom. The van der Waals surface area contributed by atoms with Gasteiger partial charge < -0.3 is 9.47 Å². The van der Waals surface area contributed by atoms with Crippen LogP contribution in [-0.2, 0) is 22.7 Å². The van der Waals surface area contributed by atoms with Crippen molar-refractivity contribution in [3.05, 3.63) is 83.9 Å². The van der Waals surface area contributed by atoms with Gasteiger partial charge in [-0.1, -0.05) is 72.8 Å². The van der Waals surface area contributed by atoms with E-state index in [1.807, 2.05) is 12.1 Å². The van der Waals surface area contributed by atoms with Crippen molar-refractivity contribution in [1.82, 2.24) is 0 Å². The molecule has 0 N–H and O–H groups in total. The zero-order valence-electron chi connectivity index (χ0n) is 15.0. The van der Waals surface area contributed by atoms with Crippen molar-refractivity contribution in [2.75, 3.05) is 13.2 Å². The van der Waals surface area contributed by atoms with Crippen LogP contribution in [-0.4, -0.2) is 13.2 Å². The Kier molecular flexibility index (Phi) is 6.43. The van der Waals surface area contributed by atoms with E-state index in [2.05, 4.69) is 55.1 Å². The molecule has 25 heavy (non-hydrogen) atoms. The van der Waals surface area contributed by atoms with Gasteiger partial charge in [0.1, 0.15) is 0 Å². The minimum atomic E-state index is 0.0683. The lowest BCUT2D eigenvalue weighted by Gasteiger charge is -2.37. The topological polar surface area (TPSA) is 18.5 Å². The molecule has 0 radical (unpaired) electrons. The maximum Gasteiger partial charge on any atom is 0.0717 e. The third kappa shape index (κ3) is 5.55. The number of ether oxygens (including phenoxy) is 2. The Labute approximate surface area is 151 Å². The molecule has 0 bridgehead atoms. The molecule has 0 atom stereocenters. The highest BCUT2D eigenvalue weighted by Crippen LogP contribution is 2.39. The van der Waals surface area contributed by atoms with Gasteiger partial charge in [0.2, 0.25) is 0 Å². The molecule has 1 aliphatic carbocycles. The summed E-state index contributed by atoms with van der Waals surface area (Å²) in [6, 6.07) is 20.7. The standard InChI is InChI=1S/C23H28O2/c1-20-9-8-14-23(15-20,18-24-16-21-10-4-2-5-11-21)19-25-17-22-12-6-3-7-13-22/h2-7,10-13H,1,8-9,14-19H2. The first-order valence-corrected chi connectivity index (χ1v) is 9.16. The summed E-state index contributed by atoms with van der Waals surface area (Å²) in [5.41, 5.74) is 3.84. The first kappa shape index (κ1) is 17.9. The predicted molar refractivity (Wildman–Crippen MR) is 102 cm³/mol. The first-order chi connectivity index (χ1) is 12.3.